The van der Waals surface area contributed by atoms with Crippen LogP contribution in [0.5, 0.6) is 11.5 Å². The predicted octanol–water partition coefficient (Wildman–Crippen LogP) is 2.35. The van der Waals surface area contributed by atoms with Gasteiger partial charge in [0, 0.05) is 12.7 Å². The molecule has 0 spiro atoms. The van der Waals surface area contributed by atoms with Crippen molar-refractivity contribution in [3.05, 3.63) is 53.9 Å². The van der Waals surface area contributed by atoms with E-state index in [9.17, 15) is 0 Å². The van der Waals surface area contributed by atoms with Crippen molar-refractivity contribution >= 4 is 5.96 Å². The largest absolute Gasteiger partial charge is 0.493 e. The zero-order chi connectivity index (χ0) is 17.2. The van der Waals surface area contributed by atoms with Gasteiger partial charge in [0.05, 0.1) is 33.0 Å². The first kappa shape index (κ1) is 17.6. The standard InChI is InChI=1S/C18H24N4O2/c1-4-19-18(22-13-15-7-5-6-10-20-15)21-12-14-8-9-16(23-2)17(11-14)24-3/h5-11H,4,12-13H2,1-3H3,(H2,19,21,22). The van der Waals surface area contributed by atoms with Gasteiger partial charge in [0.25, 0.3) is 0 Å². The molecule has 1 aromatic heterocycles. The van der Waals surface area contributed by atoms with Gasteiger partial charge in [-0.3, -0.25) is 4.98 Å². The zero-order valence-corrected chi connectivity index (χ0v) is 14.4. The van der Waals surface area contributed by atoms with Crippen molar-refractivity contribution in [1.29, 1.82) is 0 Å². The van der Waals surface area contributed by atoms with Crippen LogP contribution in [0.4, 0.5) is 0 Å². The predicted molar refractivity (Wildman–Crippen MR) is 95.4 cm³/mol. The summed E-state index contributed by atoms with van der Waals surface area (Å²) in [6.07, 6.45) is 1.78. The van der Waals surface area contributed by atoms with Crippen LogP contribution in [-0.4, -0.2) is 31.7 Å². The van der Waals surface area contributed by atoms with E-state index in [-0.39, 0.29) is 0 Å². The van der Waals surface area contributed by atoms with Gasteiger partial charge in [0.2, 0.25) is 0 Å². The van der Waals surface area contributed by atoms with Crippen LogP contribution in [0.15, 0.2) is 47.6 Å². The number of hydrogen-bond acceptors (Lipinski definition) is 4. The number of aromatic nitrogens is 1. The van der Waals surface area contributed by atoms with Crippen molar-refractivity contribution in [2.45, 2.75) is 20.0 Å². The minimum absolute atomic E-state index is 0.540. The van der Waals surface area contributed by atoms with E-state index in [2.05, 4.69) is 20.6 Å². The number of benzene rings is 1. The van der Waals surface area contributed by atoms with Crippen molar-refractivity contribution in [2.24, 2.45) is 4.99 Å². The van der Waals surface area contributed by atoms with Gasteiger partial charge in [-0.05, 0) is 36.8 Å². The molecule has 128 valence electrons. The molecular formula is C18H24N4O2. The quantitative estimate of drug-likeness (QED) is 0.603. The van der Waals surface area contributed by atoms with Crippen LogP contribution in [0.2, 0.25) is 0 Å². The fraction of sp³-hybridized carbons (Fsp3) is 0.333. The zero-order valence-electron chi connectivity index (χ0n) is 14.4. The summed E-state index contributed by atoms with van der Waals surface area (Å²) in [5.41, 5.74) is 2.01. The molecule has 2 N–H and O–H groups in total. The van der Waals surface area contributed by atoms with Gasteiger partial charge in [-0.25, -0.2) is 4.99 Å². The van der Waals surface area contributed by atoms with E-state index in [0.717, 1.165) is 23.8 Å². The van der Waals surface area contributed by atoms with E-state index in [1.165, 1.54) is 0 Å². The van der Waals surface area contributed by atoms with Gasteiger partial charge in [-0.2, -0.15) is 0 Å². The molecular weight excluding hydrogens is 304 g/mol. The monoisotopic (exact) mass is 328 g/mol. The summed E-state index contributed by atoms with van der Waals surface area (Å²) >= 11 is 0. The minimum Gasteiger partial charge on any atom is -0.493 e. The first-order valence-corrected chi connectivity index (χ1v) is 7.89. The number of hydrogen-bond donors (Lipinski definition) is 2. The SMILES string of the molecule is CCNC(=NCc1ccc(OC)c(OC)c1)NCc1ccccn1. The topological polar surface area (TPSA) is 67.8 Å². The molecule has 2 rings (SSSR count). The third-order valence-corrected chi connectivity index (χ3v) is 3.38. The average molecular weight is 328 g/mol. The van der Waals surface area contributed by atoms with E-state index >= 15 is 0 Å². The van der Waals surface area contributed by atoms with Crippen LogP contribution in [0.3, 0.4) is 0 Å². The molecule has 0 radical (unpaired) electrons. The molecule has 6 nitrogen and oxygen atoms in total. The Morgan fingerprint density at radius 3 is 2.58 bits per heavy atom. The minimum atomic E-state index is 0.540. The highest BCUT2D eigenvalue weighted by Crippen LogP contribution is 2.27. The highest BCUT2D eigenvalue weighted by molar-refractivity contribution is 5.79. The Morgan fingerprint density at radius 1 is 1.08 bits per heavy atom. The van der Waals surface area contributed by atoms with Crippen molar-refractivity contribution in [1.82, 2.24) is 15.6 Å². The van der Waals surface area contributed by atoms with Crippen LogP contribution in [0, 0.1) is 0 Å². The first-order valence-electron chi connectivity index (χ1n) is 7.89. The molecule has 0 amide bonds. The van der Waals surface area contributed by atoms with Crippen LogP contribution in [0.1, 0.15) is 18.2 Å². The molecule has 0 saturated heterocycles. The number of guanidine groups is 1. The number of pyridine rings is 1. The third-order valence-electron chi connectivity index (χ3n) is 3.38. The number of ether oxygens (including phenoxy) is 2. The Labute approximate surface area is 142 Å². The smallest absolute Gasteiger partial charge is 0.191 e. The summed E-state index contributed by atoms with van der Waals surface area (Å²) in [4.78, 5) is 8.90. The number of nitrogens with one attached hydrogen (secondary N) is 2. The molecule has 24 heavy (non-hydrogen) atoms. The van der Waals surface area contributed by atoms with Gasteiger partial charge < -0.3 is 20.1 Å². The Kier molecular flexibility index (Phi) is 6.89. The molecule has 0 aliphatic rings. The van der Waals surface area contributed by atoms with Gasteiger partial charge >= 0.3 is 0 Å². The van der Waals surface area contributed by atoms with E-state index in [4.69, 9.17) is 9.47 Å². The summed E-state index contributed by atoms with van der Waals surface area (Å²) in [5.74, 6) is 2.17. The lowest BCUT2D eigenvalue weighted by Crippen LogP contribution is -2.36. The molecule has 0 bridgehead atoms. The van der Waals surface area contributed by atoms with Gasteiger partial charge in [-0.15, -0.1) is 0 Å². The Hall–Kier alpha value is -2.76. The van der Waals surface area contributed by atoms with E-state index < -0.39 is 0 Å². The van der Waals surface area contributed by atoms with Crippen molar-refractivity contribution in [3.8, 4) is 11.5 Å². The van der Waals surface area contributed by atoms with Gasteiger partial charge in [-0.1, -0.05) is 12.1 Å². The molecule has 1 aromatic carbocycles. The average Bonchev–Trinajstić information content (AvgIpc) is 2.64. The summed E-state index contributed by atoms with van der Waals surface area (Å²) < 4.78 is 10.6. The van der Waals surface area contributed by atoms with Crippen molar-refractivity contribution < 1.29 is 9.47 Å². The molecule has 0 saturated carbocycles. The van der Waals surface area contributed by atoms with Crippen molar-refractivity contribution in [3.63, 3.8) is 0 Å². The Balaban J connectivity index is 2.02. The van der Waals surface area contributed by atoms with Crippen molar-refractivity contribution in [2.75, 3.05) is 20.8 Å². The fourth-order valence-electron chi connectivity index (χ4n) is 2.17. The van der Waals surface area contributed by atoms with Crippen LogP contribution in [0.25, 0.3) is 0 Å². The maximum Gasteiger partial charge on any atom is 0.191 e. The van der Waals surface area contributed by atoms with E-state index in [1.807, 2.05) is 43.3 Å². The number of rotatable bonds is 7. The van der Waals surface area contributed by atoms with Gasteiger partial charge in [0.15, 0.2) is 17.5 Å². The fourth-order valence-corrected chi connectivity index (χ4v) is 2.17. The van der Waals surface area contributed by atoms with Crippen LogP contribution in [-0.2, 0) is 13.1 Å². The summed E-state index contributed by atoms with van der Waals surface area (Å²) in [6.45, 7) is 3.99. The maximum absolute atomic E-state index is 5.32. The third kappa shape index (κ3) is 5.15. The highest BCUT2D eigenvalue weighted by atomic mass is 16.5. The molecule has 2 aromatic rings. The second-order valence-electron chi connectivity index (χ2n) is 5.06. The molecule has 0 unspecified atom stereocenters. The highest BCUT2D eigenvalue weighted by Gasteiger charge is 2.05. The number of nitrogens with zero attached hydrogens (tertiary/aromatic N) is 2. The lowest BCUT2D eigenvalue weighted by Gasteiger charge is -2.12. The summed E-state index contributed by atoms with van der Waals surface area (Å²) in [7, 11) is 3.25. The van der Waals surface area contributed by atoms with Crippen LogP contribution < -0.4 is 20.1 Å². The van der Waals surface area contributed by atoms with E-state index in [0.29, 0.717) is 24.6 Å². The summed E-state index contributed by atoms with van der Waals surface area (Å²) in [5, 5.41) is 6.51. The summed E-state index contributed by atoms with van der Waals surface area (Å²) in [6, 6.07) is 11.7. The molecule has 6 heteroatoms. The molecule has 0 atom stereocenters. The molecule has 1 heterocycles. The second kappa shape index (κ2) is 9.39. The first-order chi connectivity index (χ1) is 11.8. The maximum atomic E-state index is 5.32. The normalized spacial score (nSPS) is 11.0. The molecule has 0 aliphatic heterocycles. The lowest BCUT2D eigenvalue weighted by atomic mass is 10.2. The lowest BCUT2D eigenvalue weighted by molar-refractivity contribution is 0.354. The van der Waals surface area contributed by atoms with E-state index in [1.54, 1.807) is 20.4 Å². The Bertz CT molecular complexity index is 659. The number of aliphatic imine (C=N–C) groups is 1. The van der Waals surface area contributed by atoms with Gasteiger partial charge in [0.1, 0.15) is 0 Å². The second-order valence-corrected chi connectivity index (χ2v) is 5.06. The Morgan fingerprint density at radius 2 is 1.92 bits per heavy atom. The molecule has 0 aliphatic carbocycles. The number of methoxy groups -OCH3 is 2. The molecule has 0 fully saturated rings. The van der Waals surface area contributed by atoms with Crippen LogP contribution >= 0.6 is 0 Å².